The molecular formula is C22H40IN7O. The summed E-state index contributed by atoms with van der Waals surface area (Å²) in [7, 11) is 2.00. The van der Waals surface area contributed by atoms with Crippen molar-refractivity contribution in [3.8, 4) is 0 Å². The molecule has 0 amide bonds. The van der Waals surface area contributed by atoms with Crippen LogP contribution in [0.3, 0.4) is 0 Å². The first-order chi connectivity index (χ1) is 14.6. The highest BCUT2D eigenvalue weighted by molar-refractivity contribution is 14.0. The zero-order valence-electron chi connectivity index (χ0n) is 19.4. The Bertz CT molecular complexity index is 731. The second kappa shape index (κ2) is 11.3. The lowest BCUT2D eigenvalue weighted by molar-refractivity contribution is -0.0815. The number of aryl methyl sites for hydroxylation is 1. The topological polar surface area (TPSA) is 79.6 Å². The minimum atomic E-state index is 0. The van der Waals surface area contributed by atoms with Crippen LogP contribution in [0.15, 0.2) is 4.99 Å². The van der Waals surface area contributed by atoms with Gasteiger partial charge < -0.3 is 19.9 Å². The number of halogens is 1. The fraction of sp³-hybridized carbons (Fsp3) is 0.864. The van der Waals surface area contributed by atoms with Gasteiger partial charge in [0.15, 0.2) is 11.8 Å². The smallest absolute Gasteiger partial charge is 0.191 e. The van der Waals surface area contributed by atoms with Gasteiger partial charge >= 0.3 is 0 Å². The van der Waals surface area contributed by atoms with Crippen LogP contribution in [-0.4, -0.2) is 69.5 Å². The van der Waals surface area contributed by atoms with Crippen molar-refractivity contribution in [2.45, 2.75) is 89.4 Å². The largest absolute Gasteiger partial charge is 0.375 e. The molecule has 0 radical (unpaired) electrons. The molecule has 2 aliphatic heterocycles. The molecule has 9 heteroatoms. The molecular weight excluding hydrogens is 505 g/mol. The van der Waals surface area contributed by atoms with Crippen molar-refractivity contribution in [3.05, 3.63) is 11.6 Å². The van der Waals surface area contributed by atoms with Crippen molar-refractivity contribution in [3.63, 3.8) is 0 Å². The first-order valence-electron chi connectivity index (χ1n) is 11.9. The van der Waals surface area contributed by atoms with E-state index in [1.807, 2.05) is 18.5 Å². The third-order valence-corrected chi connectivity index (χ3v) is 7.32. The van der Waals surface area contributed by atoms with Crippen molar-refractivity contribution in [1.29, 1.82) is 0 Å². The number of nitrogens with one attached hydrogen (secondary N) is 2. The van der Waals surface area contributed by atoms with Crippen LogP contribution in [0.1, 0.15) is 69.9 Å². The second-order valence-corrected chi connectivity index (χ2v) is 9.27. The summed E-state index contributed by atoms with van der Waals surface area (Å²) in [6, 6.07) is 1.00. The van der Waals surface area contributed by atoms with E-state index in [9.17, 15) is 0 Å². The Morgan fingerprint density at radius 2 is 2.03 bits per heavy atom. The number of guanidine groups is 1. The SMILES string of the molecule is CCN1CCCC1CNC(=NCc1nnc(C)n1C)NC1CCOC2(CCCC2)C1.I. The van der Waals surface area contributed by atoms with Crippen LogP contribution in [0, 0.1) is 6.92 Å². The normalized spacial score (nSPS) is 26.2. The highest BCUT2D eigenvalue weighted by atomic mass is 127. The number of nitrogens with zero attached hydrogens (tertiary/aromatic N) is 5. The molecule has 1 aromatic rings. The predicted molar refractivity (Wildman–Crippen MR) is 134 cm³/mol. The Kier molecular flexibility index (Phi) is 8.98. The third-order valence-electron chi connectivity index (χ3n) is 7.32. The fourth-order valence-electron chi connectivity index (χ4n) is 5.36. The molecule has 1 aliphatic carbocycles. The van der Waals surface area contributed by atoms with Crippen molar-refractivity contribution < 1.29 is 4.74 Å². The highest BCUT2D eigenvalue weighted by Gasteiger charge is 2.40. The molecule has 8 nitrogen and oxygen atoms in total. The molecule has 2 unspecified atom stereocenters. The molecule has 3 aliphatic rings. The summed E-state index contributed by atoms with van der Waals surface area (Å²) in [5.41, 5.74) is 0.103. The lowest BCUT2D eigenvalue weighted by Crippen LogP contribution is -2.52. The first-order valence-corrected chi connectivity index (χ1v) is 11.9. The Morgan fingerprint density at radius 3 is 2.74 bits per heavy atom. The van der Waals surface area contributed by atoms with Crippen molar-refractivity contribution in [1.82, 2.24) is 30.3 Å². The molecule has 176 valence electrons. The van der Waals surface area contributed by atoms with Gasteiger partial charge in [-0.1, -0.05) is 19.8 Å². The maximum absolute atomic E-state index is 6.23. The minimum absolute atomic E-state index is 0. The molecule has 3 heterocycles. The van der Waals surface area contributed by atoms with Gasteiger partial charge in [-0.3, -0.25) is 4.90 Å². The van der Waals surface area contributed by atoms with Crippen LogP contribution >= 0.6 is 24.0 Å². The average Bonchev–Trinajstić information content (AvgIpc) is 3.47. The molecule has 1 aromatic heterocycles. The number of hydrogen-bond donors (Lipinski definition) is 2. The van der Waals surface area contributed by atoms with Crippen molar-refractivity contribution >= 4 is 29.9 Å². The van der Waals surface area contributed by atoms with Crippen LogP contribution in [0.4, 0.5) is 0 Å². The summed E-state index contributed by atoms with van der Waals surface area (Å²) in [6.07, 6.45) is 9.68. The monoisotopic (exact) mass is 545 g/mol. The summed E-state index contributed by atoms with van der Waals surface area (Å²) >= 11 is 0. The Hall–Kier alpha value is -0.940. The van der Waals surface area contributed by atoms with Crippen LogP contribution in [0.5, 0.6) is 0 Å². The molecule has 1 saturated carbocycles. The average molecular weight is 546 g/mol. The number of likely N-dealkylation sites (N-methyl/N-ethyl adjacent to an activating group) is 1. The van der Waals surface area contributed by atoms with Gasteiger partial charge in [-0.25, -0.2) is 4.99 Å². The number of ether oxygens (including phenoxy) is 1. The van der Waals surface area contributed by atoms with E-state index in [1.165, 1.54) is 45.1 Å². The maximum Gasteiger partial charge on any atom is 0.191 e. The van der Waals surface area contributed by atoms with E-state index < -0.39 is 0 Å². The predicted octanol–water partition coefficient (Wildman–Crippen LogP) is 2.75. The summed E-state index contributed by atoms with van der Waals surface area (Å²) in [5, 5.41) is 15.8. The summed E-state index contributed by atoms with van der Waals surface area (Å²) in [5.74, 6) is 2.71. The number of hydrogen-bond acceptors (Lipinski definition) is 5. The van der Waals surface area contributed by atoms with E-state index in [1.54, 1.807) is 0 Å². The molecule has 2 saturated heterocycles. The van der Waals surface area contributed by atoms with E-state index in [0.717, 1.165) is 50.1 Å². The Morgan fingerprint density at radius 1 is 1.23 bits per heavy atom. The van der Waals surface area contributed by atoms with Gasteiger partial charge in [-0.15, -0.1) is 34.2 Å². The fourth-order valence-corrected chi connectivity index (χ4v) is 5.36. The zero-order valence-corrected chi connectivity index (χ0v) is 21.7. The second-order valence-electron chi connectivity index (χ2n) is 9.27. The lowest BCUT2D eigenvalue weighted by Gasteiger charge is -2.39. The Labute approximate surface area is 204 Å². The molecule has 2 atom stereocenters. The van der Waals surface area contributed by atoms with E-state index >= 15 is 0 Å². The van der Waals surface area contributed by atoms with Crippen LogP contribution < -0.4 is 10.6 Å². The van der Waals surface area contributed by atoms with Gasteiger partial charge in [0.05, 0.1) is 5.60 Å². The van der Waals surface area contributed by atoms with E-state index in [2.05, 4.69) is 32.7 Å². The molecule has 31 heavy (non-hydrogen) atoms. The third kappa shape index (κ3) is 6.10. The van der Waals surface area contributed by atoms with Crippen molar-refractivity contribution in [2.24, 2.45) is 12.0 Å². The number of likely N-dealkylation sites (tertiary alicyclic amines) is 1. The number of aliphatic imine (C=N–C) groups is 1. The van der Waals surface area contributed by atoms with Gasteiger partial charge in [0.1, 0.15) is 12.4 Å². The van der Waals surface area contributed by atoms with Gasteiger partial charge in [-0.05, 0) is 58.5 Å². The summed E-state index contributed by atoms with van der Waals surface area (Å²) in [6.45, 7) is 8.87. The molecule has 1 spiro atoms. The molecule has 2 N–H and O–H groups in total. The van der Waals surface area contributed by atoms with Gasteiger partial charge in [0.2, 0.25) is 0 Å². The van der Waals surface area contributed by atoms with Gasteiger partial charge in [-0.2, -0.15) is 0 Å². The Balaban J connectivity index is 0.00000272. The lowest BCUT2D eigenvalue weighted by atomic mass is 9.89. The standard InChI is InChI=1S/C22H39N7O.HI/c1-4-29-12-7-8-19(29)15-23-21(24-16-20-27-26-17(2)28(20)3)25-18-9-13-30-22(14-18)10-5-6-11-22;/h18-19H,4-16H2,1-3H3,(H2,23,24,25);1H. The highest BCUT2D eigenvalue weighted by Crippen LogP contribution is 2.39. The first kappa shape index (κ1) is 24.7. The molecule has 0 aromatic carbocycles. The van der Waals surface area contributed by atoms with E-state index in [4.69, 9.17) is 9.73 Å². The summed E-state index contributed by atoms with van der Waals surface area (Å²) < 4.78 is 8.24. The zero-order chi connectivity index (χ0) is 21.0. The van der Waals surface area contributed by atoms with Gasteiger partial charge in [0, 0.05) is 32.3 Å². The maximum atomic E-state index is 6.23. The van der Waals surface area contributed by atoms with E-state index in [-0.39, 0.29) is 29.6 Å². The summed E-state index contributed by atoms with van der Waals surface area (Å²) in [4.78, 5) is 7.47. The molecule has 4 rings (SSSR count). The van der Waals surface area contributed by atoms with E-state index in [0.29, 0.717) is 18.6 Å². The molecule has 0 bridgehead atoms. The molecule has 3 fully saturated rings. The van der Waals surface area contributed by atoms with Crippen LogP contribution in [-0.2, 0) is 18.3 Å². The van der Waals surface area contributed by atoms with Gasteiger partial charge in [0.25, 0.3) is 0 Å². The quantitative estimate of drug-likeness (QED) is 0.325. The van der Waals surface area contributed by atoms with Crippen LogP contribution in [0.2, 0.25) is 0 Å². The number of aromatic nitrogens is 3. The van der Waals surface area contributed by atoms with Crippen molar-refractivity contribution in [2.75, 3.05) is 26.2 Å². The van der Waals surface area contributed by atoms with Crippen LogP contribution in [0.25, 0.3) is 0 Å². The number of rotatable bonds is 6. The minimum Gasteiger partial charge on any atom is -0.375 e.